The van der Waals surface area contributed by atoms with Crippen LogP contribution in [-0.4, -0.2) is 0 Å². The van der Waals surface area contributed by atoms with E-state index in [9.17, 15) is 8.78 Å². The molecule has 128 valence electrons. The number of hydrogen-bond donors (Lipinski definition) is 0. The Balaban J connectivity index is 1.68. The Morgan fingerprint density at radius 3 is 2.28 bits per heavy atom. The number of aryl methyl sites for hydroxylation is 1. The first-order chi connectivity index (χ1) is 12.0. The zero-order valence-corrected chi connectivity index (χ0v) is 14.2. The van der Waals surface area contributed by atoms with E-state index in [4.69, 9.17) is 21.1 Å². The molecule has 0 bridgehead atoms. The summed E-state index contributed by atoms with van der Waals surface area (Å²) in [7, 11) is 0. The molecule has 2 nitrogen and oxygen atoms in total. The Bertz CT molecular complexity index is 879. The molecule has 3 rings (SSSR count). The van der Waals surface area contributed by atoms with E-state index < -0.39 is 11.6 Å². The van der Waals surface area contributed by atoms with Crippen LogP contribution < -0.4 is 9.47 Å². The van der Waals surface area contributed by atoms with Crippen molar-refractivity contribution in [2.75, 3.05) is 0 Å². The summed E-state index contributed by atoms with van der Waals surface area (Å²) in [6.45, 7) is 2.40. The van der Waals surface area contributed by atoms with Gasteiger partial charge in [0.1, 0.15) is 23.9 Å². The smallest absolute Gasteiger partial charge is 0.168 e. The highest BCUT2D eigenvalue weighted by Crippen LogP contribution is 2.32. The van der Waals surface area contributed by atoms with Gasteiger partial charge in [0, 0.05) is 12.1 Å². The minimum Gasteiger partial charge on any atom is -0.487 e. The van der Waals surface area contributed by atoms with Crippen LogP contribution >= 0.6 is 11.6 Å². The molecule has 0 heterocycles. The SMILES string of the molecule is Cc1ccc(COc2ccc(Oc3ccc(F)cc3F)cc2Cl)cc1. The maximum Gasteiger partial charge on any atom is 0.168 e. The van der Waals surface area contributed by atoms with Gasteiger partial charge in [0.15, 0.2) is 11.6 Å². The first-order valence-electron chi connectivity index (χ1n) is 7.62. The Hall–Kier alpha value is -2.59. The molecule has 0 aliphatic rings. The molecular weight excluding hydrogens is 346 g/mol. The molecule has 3 aromatic carbocycles. The summed E-state index contributed by atoms with van der Waals surface area (Å²) in [5.41, 5.74) is 2.20. The number of rotatable bonds is 5. The molecule has 0 aromatic heterocycles. The summed E-state index contributed by atoms with van der Waals surface area (Å²) >= 11 is 6.19. The fourth-order valence-electron chi connectivity index (χ4n) is 2.19. The van der Waals surface area contributed by atoms with Gasteiger partial charge < -0.3 is 9.47 Å². The van der Waals surface area contributed by atoms with Crippen molar-refractivity contribution in [1.82, 2.24) is 0 Å². The van der Waals surface area contributed by atoms with E-state index in [0.29, 0.717) is 23.1 Å². The topological polar surface area (TPSA) is 18.5 Å². The second kappa shape index (κ2) is 7.53. The third-order valence-corrected chi connectivity index (χ3v) is 3.84. The lowest BCUT2D eigenvalue weighted by molar-refractivity contribution is 0.306. The zero-order valence-electron chi connectivity index (χ0n) is 13.4. The fourth-order valence-corrected chi connectivity index (χ4v) is 2.42. The highest BCUT2D eigenvalue weighted by Gasteiger charge is 2.09. The van der Waals surface area contributed by atoms with Crippen LogP contribution in [0, 0.1) is 18.6 Å². The lowest BCUT2D eigenvalue weighted by Crippen LogP contribution is -1.96. The van der Waals surface area contributed by atoms with E-state index in [1.54, 1.807) is 12.1 Å². The molecule has 3 aromatic rings. The summed E-state index contributed by atoms with van der Waals surface area (Å²) in [5, 5.41) is 0.340. The molecule has 0 fully saturated rings. The Kier molecular flexibility index (Phi) is 5.19. The van der Waals surface area contributed by atoms with Crippen molar-refractivity contribution in [2.24, 2.45) is 0 Å². The summed E-state index contributed by atoms with van der Waals surface area (Å²) in [6.07, 6.45) is 0. The fraction of sp³-hybridized carbons (Fsp3) is 0.100. The molecule has 0 saturated carbocycles. The van der Waals surface area contributed by atoms with Crippen LogP contribution in [0.5, 0.6) is 17.2 Å². The van der Waals surface area contributed by atoms with Crippen molar-refractivity contribution in [3.63, 3.8) is 0 Å². The average Bonchev–Trinajstić information content (AvgIpc) is 2.58. The van der Waals surface area contributed by atoms with Gasteiger partial charge in [-0.15, -0.1) is 0 Å². The van der Waals surface area contributed by atoms with E-state index in [0.717, 1.165) is 17.7 Å². The van der Waals surface area contributed by atoms with Gasteiger partial charge in [-0.2, -0.15) is 0 Å². The van der Waals surface area contributed by atoms with Crippen LogP contribution in [0.4, 0.5) is 8.78 Å². The van der Waals surface area contributed by atoms with Crippen molar-refractivity contribution in [3.8, 4) is 17.2 Å². The van der Waals surface area contributed by atoms with Gasteiger partial charge in [-0.1, -0.05) is 41.4 Å². The Morgan fingerprint density at radius 2 is 1.60 bits per heavy atom. The number of ether oxygens (including phenoxy) is 2. The van der Waals surface area contributed by atoms with Crippen LogP contribution in [0.25, 0.3) is 0 Å². The van der Waals surface area contributed by atoms with Crippen LogP contribution in [0.3, 0.4) is 0 Å². The first-order valence-corrected chi connectivity index (χ1v) is 8.00. The summed E-state index contributed by atoms with van der Waals surface area (Å²) in [4.78, 5) is 0. The molecular formula is C20H15ClF2O2. The predicted molar refractivity (Wildman–Crippen MR) is 93.4 cm³/mol. The number of benzene rings is 3. The zero-order chi connectivity index (χ0) is 17.8. The van der Waals surface area contributed by atoms with Crippen molar-refractivity contribution >= 4 is 11.6 Å². The van der Waals surface area contributed by atoms with Gasteiger partial charge in [0.05, 0.1) is 5.02 Å². The molecule has 0 aliphatic heterocycles. The summed E-state index contributed by atoms with van der Waals surface area (Å²) in [5.74, 6) is -0.697. The first kappa shape index (κ1) is 17.2. The second-order valence-corrected chi connectivity index (χ2v) is 5.95. The van der Waals surface area contributed by atoms with E-state index >= 15 is 0 Å². The van der Waals surface area contributed by atoms with Crippen molar-refractivity contribution in [1.29, 1.82) is 0 Å². The minimum atomic E-state index is -0.782. The average molecular weight is 361 g/mol. The van der Waals surface area contributed by atoms with Crippen molar-refractivity contribution in [2.45, 2.75) is 13.5 Å². The molecule has 25 heavy (non-hydrogen) atoms. The van der Waals surface area contributed by atoms with Crippen LogP contribution in [0.15, 0.2) is 60.7 Å². The van der Waals surface area contributed by atoms with E-state index in [1.807, 2.05) is 31.2 Å². The van der Waals surface area contributed by atoms with E-state index in [2.05, 4.69) is 0 Å². The van der Waals surface area contributed by atoms with Gasteiger partial charge in [0.25, 0.3) is 0 Å². The van der Waals surface area contributed by atoms with Crippen LogP contribution in [0.2, 0.25) is 5.02 Å². The van der Waals surface area contributed by atoms with Gasteiger partial charge >= 0.3 is 0 Å². The molecule has 0 unspecified atom stereocenters. The van der Waals surface area contributed by atoms with Gasteiger partial charge in [-0.25, -0.2) is 8.78 Å². The van der Waals surface area contributed by atoms with E-state index in [-0.39, 0.29) is 5.75 Å². The lowest BCUT2D eigenvalue weighted by Gasteiger charge is -2.11. The maximum atomic E-state index is 13.6. The third kappa shape index (κ3) is 4.48. The van der Waals surface area contributed by atoms with Crippen LogP contribution in [0.1, 0.15) is 11.1 Å². The molecule has 0 spiro atoms. The monoisotopic (exact) mass is 360 g/mol. The highest BCUT2D eigenvalue weighted by molar-refractivity contribution is 6.32. The van der Waals surface area contributed by atoms with Gasteiger partial charge in [0.2, 0.25) is 0 Å². The standard InChI is InChI=1S/C20H15ClF2O2/c1-13-2-4-14(5-3-13)12-24-19-9-7-16(11-17(19)21)25-20-8-6-15(22)10-18(20)23/h2-11H,12H2,1H3. The number of hydrogen-bond acceptors (Lipinski definition) is 2. The molecule has 0 atom stereocenters. The summed E-state index contributed by atoms with van der Waals surface area (Å²) in [6, 6.07) is 15.9. The molecule has 0 saturated heterocycles. The Morgan fingerprint density at radius 1 is 0.880 bits per heavy atom. The quantitative estimate of drug-likeness (QED) is 0.531. The van der Waals surface area contributed by atoms with Crippen LogP contribution in [-0.2, 0) is 6.61 Å². The molecule has 0 N–H and O–H groups in total. The lowest BCUT2D eigenvalue weighted by atomic mass is 10.2. The largest absolute Gasteiger partial charge is 0.487 e. The van der Waals surface area contributed by atoms with Crippen molar-refractivity contribution < 1.29 is 18.3 Å². The van der Waals surface area contributed by atoms with E-state index in [1.165, 1.54) is 17.7 Å². The Labute approximate surface area is 149 Å². The number of halogens is 3. The van der Waals surface area contributed by atoms with Gasteiger partial charge in [-0.3, -0.25) is 0 Å². The van der Waals surface area contributed by atoms with Crippen molar-refractivity contribution in [3.05, 3.63) is 88.4 Å². The normalized spacial score (nSPS) is 10.6. The molecule has 0 aliphatic carbocycles. The molecule has 5 heteroatoms. The molecule has 0 amide bonds. The maximum absolute atomic E-state index is 13.6. The minimum absolute atomic E-state index is 0.0780. The van der Waals surface area contributed by atoms with Gasteiger partial charge in [-0.05, 0) is 36.8 Å². The second-order valence-electron chi connectivity index (χ2n) is 5.54. The summed E-state index contributed by atoms with van der Waals surface area (Å²) < 4.78 is 37.6. The predicted octanol–water partition coefficient (Wildman–Crippen LogP) is 6.30. The highest BCUT2D eigenvalue weighted by atomic mass is 35.5. The molecule has 0 radical (unpaired) electrons. The third-order valence-electron chi connectivity index (χ3n) is 3.54.